The zero-order valence-corrected chi connectivity index (χ0v) is 12.3. The molecule has 0 aromatic heterocycles. The van der Waals surface area contributed by atoms with Gasteiger partial charge in [-0.2, -0.15) is 0 Å². The minimum Gasteiger partial charge on any atom is -0.327 e. The number of halogens is 2. The van der Waals surface area contributed by atoms with E-state index < -0.39 is 0 Å². The summed E-state index contributed by atoms with van der Waals surface area (Å²) in [5, 5.41) is 0. The van der Waals surface area contributed by atoms with Crippen molar-refractivity contribution >= 4 is 0 Å². The summed E-state index contributed by atoms with van der Waals surface area (Å²) in [6, 6.07) is 3.67. The van der Waals surface area contributed by atoms with Crippen molar-refractivity contribution in [2.45, 2.75) is 44.6 Å². The molecule has 2 N–H and O–H groups in total. The van der Waals surface area contributed by atoms with E-state index in [-0.39, 0.29) is 17.7 Å². The third kappa shape index (κ3) is 2.40. The molecule has 4 saturated carbocycles. The SMILES string of the molecule is NC(Cc1cc(F)ccc1F)C1C2CC3CC(C2)CC1C3. The molecule has 1 nitrogen and oxygen atoms in total. The van der Waals surface area contributed by atoms with Crippen LogP contribution in [0.2, 0.25) is 0 Å². The van der Waals surface area contributed by atoms with E-state index >= 15 is 0 Å². The zero-order valence-electron chi connectivity index (χ0n) is 12.3. The molecular weight excluding hydrogens is 268 g/mol. The smallest absolute Gasteiger partial charge is 0.126 e. The molecule has 1 aromatic carbocycles. The lowest BCUT2D eigenvalue weighted by Gasteiger charge is -2.56. The van der Waals surface area contributed by atoms with Gasteiger partial charge in [0.25, 0.3) is 0 Å². The van der Waals surface area contributed by atoms with Crippen molar-refractivity contribution < 1.29 is 8.78 Å². The van der Waals surface area contributed by atoms with E-state index in [1.165, 1.54) is 50.3 Å². The Hall–Kier alpha value is -0.960. The first-order chi connectivity index (χ1) is 10.1. The number of hydrogen-bond donors (Lipinski definition) is 1. The highest BCUT2D eigenvalue weighted by molar-refractivity contribution is 5.20. The van der Waals surface area contributed by atoms with Gasteiger partial charge in [-0.25, -0.2) is 8.78 Å². The lowest BCUT2D eigenvalue weighted by molar-refractivity contribution is -0.0465. The van der Waals surface area contributed by atoms with E-state index in [4.69, 9.17) is 5.73 Å². The summed E-state index contributed by atoms with van der Waals surface area (Å²) in [6.45, 7) is 0. The normalized spacial score (nSPS) is 38.7. The fraction of sp³-hybridized carbons (Fsp3) is 0.667. The molecule has 114 valence electrons. The first-order valence-electron chi connectivity index (χ1n) is 8.29. The predicted octanol–water partition coefficient (Wildman–Crippen LogP) is 3.91. The molecule has 1 aromatic rings. The Bertz CT molecular complexity index is 514. The molecule has 0 aliphatic heterocycles. The average Bonchev–Trinajstić information content (AvgIpc) is 2.41. The molecule has 21 heavy (non-hydrogen) atoms. The molecule has 0 saturated heterocycles. The minimum absolute atomic E-state index is 0.0312. The van der Waals surface area contributed by atoms with Crippen LogP contribution in [0.3, 0.4) is 0 Å². The summed E-state index contributed by atoms with van der Waals surface area (Å²) in [5.41, 5.74) is 6.90. The van der Waals surface area contributed by atoms with Gasteiger partial charge in [-0.1, -0.05) is 0 Å². The Labute approximate surface area is 124 Å². The Morgan fingerprint density at radius 1 is 1.00 bits per heavy atom. The number of rotatable bonds is 3. The third-order valence-corrected chi connectivity index (χ3v) is 6.26. The highest BCUT2D eigenvalue weighted by atomic mass is 19.1. The van der Waals surface area contributed by atoms with Crippen molar-refractivity contribution in [3.05, 3.63) is 35.4 Å². The summed E-state index contributed by atoms with van der Waals surface area (Å²) in [7, 11) is 0. The van der Waals surface area contributed by atoms with Crippen molar-refractivity contribution in [2.24, 2.45) is 35.3 Å². The topological polar surface area (TPSA) is 26.0 Å². The fourth-order valence-corrected chi connectivity index (χ4v) is 5.76. The van der Waals surface area contributed by atoms with E-state index in [0.717, 1.165) is 23.7 Å². The van der Waals surface area contributed by atoms with Crippen LogP contribution in [0.5, 0.6) is 0 Å². The second-order valence-electron chi connectivity index (χ2n) is 7.61. The molecule has 3 heteroatoms. The van der Waals surface area contributed by atoms with E-state index in [0.29, 0.717) is 17.9 Å². The van der Waals surface area contributed by atoms with E-state index in [1.807, 2.05) is 0 Å². The molecule has 1 atom stereocenters. The van der Waals surface area contributed by atoms with Crippen molar-refractivity contribution in [3.8, 4) is 0 Å². The minimum atomic E-state index is -0.372. The Balaban J connectivity index is 1.52. The standard InChI is InChI=1S/C18H23F2N/c19-15-1-2-16(20)12(8-15)9-17(21)18-13-4-10-3-11(6-13)7-14(18)5-10/h1-2,8,10-11,13-14,17-18H,3-7,9,21H2. The first kappa shape index (κ1) is 13.7. The molecule has 0 radical (unpaired) electrons. The first-order valence-corrected chi connectivity index (χ1v) is 8.29. The largest absolute Gasteiger partial charge is 0.327 e. The second kappa shape index (κ2) is 5.05. The van der Waals surface area contributed by atoms with E-state index in [1.54, 1.807) is 0 Å². The van der Waals surface area contributed by atoms with Crippen molar-refractivity contribution in [1.29, 1.82) is 0 Å². The summed E-state index contributed by atoms with van der Waals surface area (Å²) in [5.74, 6) is 3.12. The fourth-order valence-electron chi connectivity index (χ4n) is 5.76. The zero-order chi connectivity index (χ0) is 14.6. The third-order valence-electron chi connectivity index (χ3n) is 6.26. The van der Waals surface area contributed by atoms with Gasteiger partial charge in [-0.15, -0.1) is 0 Å². The molecule has 4 aliphatic carbocycles. The number of benzene rings is 1. The summed E-state index contributed by atoms with van der Waals surface area (Å²) in [6.07, 6.45) is 7.16. The van der Waals surface area contributed by atoms with Crippen molar-refractivity contribution in [1.82, 2.24) is 0 Å². The molecule has 5 rings (SSSR count). The van der Waals surface area contributed by atoms with Gasteiger partial charge in [0.15, 0.2) is 0 Å². The lowest BCUT2D eigenvalue weighted by atomic mass is 9.50. The van der Waals surface area contributed by atoms with Crippen LogP contribution in [-0.4, -0.2) is 6.04 Å². The molecular formula is C18H23F2N. The van der Waals surface area contributed by atoms with Crippen molar-refractivity contribution in [3.63, 3.8) is 0 Å². The highest BCUT2D eigenvalue weighted by Gasteiger charge is 2.49. The average molecular weight is 291 g/mol. The van der Waals surface area contributed by atoms with Crippen molar-refractivity contribution in [2.75, 3.05) is 0 Å². The molecule has 0 heterocycles. The summed E-state index contributed by atoms with van der Waals surface area (Å²) < 4.78 is 27.2. The van der Waals surface area contributed by atoms with Crippen LogP contribution in [-0.2, 0) is 6.42 Å². The van der Waals surface area contributed by atoms with Gasteiger partial charge in [0.1, 0.15) is 11.6 Å². The molecule has 4 bridgehead atoms. The van der Waals surface area contributed by atoms with Gasteiger partial charge >= 0.3 is 0 Å². The predicted molar refractivity (Wildman–Crippen MR) is 78.6 cm³/mol. The molecule has 0 spiro atoms. The summed E-state index contributed by atoms with van der Waals surface area (Å²) >= 11 is 0. The quantitative estimate of drug-likeness (QED) is 0.898. The molecule has 0 amide bonds. The van der Waals surface area contributed by atoms with Gasteiger partial charge in [0, 0.05) is 6.04 Å². The maximum atomic E-state index is 13.8. The Morgan fingerprint density at radius 2 is 1.62 bits per heavy atom. The molecule has 4 fully saturated rings. The van der Waals surface area contributed by atoms with E-state index in [2.05, 4.69) is 0 Å². The number of nitrogens with two attached hydrogens (primary N) is 1. The highest BCUT2D eigenvalue weighted by Crippen LogP contribution is 2.57. The maximum absolute atomic E-state index is 13.8. The van der Waals surface area contributed by atoms with Gasteiger partial charge in [-0.05, 0) is 91.9 Å². The van der Waals surface area contributed by atoms with Crippen LogP contribution < -0.4 is 5.73 Å². The van der Waals surface area contributed by atoms with Crippen LogP contribution in [0, 0.1) is 41.2 Å². The van der Waals surface area contributed by atoms with Crippen LogP contribution in [0.15, 0.2) is 18.2 Å². The van der Waals surface area contributed by atoms with Gasteiger partial charge < -0.3 is 5.73 Å². The maximum Gasteiger partial charge on any atom is 0.126 e. The number of hydrogen-bond acceptors (Lipinski definition) is 1. The van der Waals surface area contributed by atoms with Crippen LogP contribution in [0.4, 0.5) is 8.78 Å². The Kier molecular flexibility index (Phi) is 3.29. The molecule has 1 unspecified atom stereocenters. The van der Waals surface area contributed by atoms with Gasteiger partial charge in [-0.3, -0.25) is 0 Å². The lowest BCUT2D eigenvalue weighted by Crippen LogP contribution is -2.52. The van der Waals surface area contributed by atoms with Crippen LogP contribution in [0.25, 0.3) is 0 Å². The van der Waals surface area contributed by atoms with Gasteiger partial charge in [0.05, 0.1) is 0 Å². The molecule has 4 aliphatic rings. The van der Waals surface area contributed by atoms with E-state index in [9.17, 15) is 8.78 Å². The monoisotopic (exact) mass is 291 g/mol. The van der Waals surface area contributed by atoms with Crippen LogP contribution >= 0.6 is 0 Å². The van der Waals surface area contributed by atoms with Gasteiger partial charge in [0.2, 0.25) is 0 Å². The second-order valence-corrected chi connectivity index (χ2v) is 7.61. The summed E-state index contributed by atoms with van der Waals surface area (Å²) in [4.78, 5) is 0. The van der Waals surface area contributed by atoms with Crippen LogP contribution in [0.1, 0.15) is 37.7 Å². The Morgan fingerprint density at radius 3 is 2.24 bits per heavy atom.